The molecule has 1 fully saturated rings. The van der Waals surface area contributed by atoms with Crippen molar-refractivity contribution in [2.45, 2.75) is 31.6 Å². The van der Waals surface area contributed by atoms with Crippen LogP contribution in [0.4, 0.5) is 0 Å². The van der Waals surface area contributed by atoms with Crippen molar-refractivity contribution < 1.29 is 23.4 Å². The van der Waals surface area contributed by atoms with Gasteiger partial charge < -0.3 is 9.47 Å². The molecule has 0 aliphatic carbocycles. The fraction of sp³-hybridized carbons (Fsp3) is 0.533. The summed E-state index contributed by atoms with van der Waals surface area (Å²) < 4.78 is 33.1. The molecule has 1 aromatic rings. The highest BCUT2D eigenvalue weighted by molar-refractivity contribution is 8.22. The Morgan fingerprint density at radius 3 is 2.50 bits per heavy atom. The van der Waals surface area contributed by atoms with Crippen LogP contribution in [-0.4, -0.2) is 45.7 Å². The van der Waals surface area contributed by atoms with Crippen LogP contribution in [0, 0.1) is 0 Å². The van der Waals surface area contributed by atoms with Crippen molar-refractivity contribution in [3.05, 3.63) is 23.8 Å². The van der Waals surface area contributed by atoms with E-state index in [1.807, 2.05) is 6.92 Å². The number of esters is 1. The fourth-order valence-electron chi connectivity index (χ4n) is 2.42. The van der Waals surface area contributed by atoms with Gasteiger partial charge in [-0.1, -0.05) is 0 Å². The van der Waals surface area contributed by atoms with Crippen molar-refractivity contribution in [1.29, 1.82) is 0 Å². The van der Waals surface area contributed by atoms with Crippen molar-refractivity contribution in [2.24, 2.45) is 0 Å². The molecule has 1 aromatic carbocycles. The molecule has 0 radical (unpaired) electrons. The second kappa shape index (κ2) is 7.32. The average Bonchev–Trinajstić information content (AvgIpc) is 3.03. The van der Waals surface area contributed by atoms with E-state index in [4.69, 9.17) is 9.47 Å². The van der Waals surface area contributed by atoms with Gasteiger partial charge in [-0.15, -0.1) is 10.8 Å². The molecule has 2 rings (SSSR count). The summed E-state index contributed by atoms with van der Waals surface area (Å²) in [6.45, 7) is 5.49. The second-order valence-electron chi connectivity index (χ2n) is 4.97. The van der Waals surface area contributed by atoms with Crippen molar-refractivity contribution in [3.8, 4) is 5.75 Å². The van der Waals surface area contributed by atoms with E-state index in [1.54, 1.807) is 23.4 Å². The largest absolute Gasteiger partial charge is 0.493 e. The van der Waals surface area contributed by atoms with Crippen LogP contribution < -0.4 is 4.74 Å². The highest BCUT2D eigenvalue weighted by Gasteiger charge is 2.29. The maximum Gasteiger partial charge on any atom is 0.341 e. The summed E-state index contributed by atoms with van der Waals surface area (Å²) in [5.41, 5.74) is 0.223. The molecule has 0 aromatic heterocycles. The first-order valence-corrected chi connectivity index (χ1v) is 8.98. The van der Waals surface area contributed by atoms with E-state index in [0.717, 1.165) is 12.8 Å². The van der Waals surface area contributed by atoms with Gasteiger partial charge in [-0.25, -0.2) is 9.10 Å². The third-order valence-corrected chi connectivity index (χ3v) is 5.46. The molecular weight excluding hydrogens is 306 g/mol. The number of hydrogen-bond donors (Lipinski definition) is 2. The van der Waals surface area contributed by atoms with Gasteiger partial charge in [0.2, 0.25) is 0 Å². The van der Waals surface area contributed by atoms with E-state index in [1.165, 1.54) is 6.07 Å². The van der Waals surface area contributed by atoms with Crippen LogP contribution in [-0.2, 0) is 4.74 Å². The summed E-state index contributed by atoms with van der Waals surface area (Å²) in [7, 11) is -3.07. The van der Waals surface area contributed by atoms with E-state index < -0.39 is 16.7 Å². The summed E-state index contributed by atoms with van der Waals surface area (Å²) in [6.07, 6.45) is 1.88. The predicted molar refractivity (Wildman–Crippen MR) is 85.5 cm³/mol. The summed E-state index contributed by atoms with van der Waals surface area (Å²) in [6, 6.07) is 4.66. The van der Waals surface area contributed by atoms with Gasteiger partial charge in [0, 0.05) is 13.1 Å². The topological polar surface area (TPSA) is 79.2 Å². The average molecular weight is 329 g/mol. The standard InChI is InChI=1S/C15H23NO5S/c1-3-20-14-8-7-12(11-13(14)15(17)21-4-2)22(18,19)16-9-5-6-10-16/h7-8,11,18-19H,3-6,9-10H2,1-2H3. The van der Waals surface area contributed by atoms with Crippen LogP contribution in [0.2, 0.25) is 0 Å². The first-order chi connectivity index (χ1) is 10.5. The molecule has 0 saturated carbocycles. The van der Waals surface area contributed by atoms with Crippen molar-refractivity contribution in [3.63, 3.8) is 0 Å². The van der Waals surface area contributed by atoms with Gasteiger partial charge in [-0.2, -0.15) is 0 Å². The fourth-order valence-corrected chi connectivity index (χ4v) is 4.01. The van der Waals surface area contributed by atoms with Gasteiger partial charge in [-0.05, 0) is 44.9 Å². The molecule has 0 unspecified atom stereocenters. The van der Waals surface area contributed by atoms with E-state index in [9.17, 15) is 13.9 Å². The number of rotatable bonds is 6. The van der Waals surface area contributed by atoms with Gasteiger partial charge in [0.1, 0.15) is 11.3 Å². The minimum atomic E-state index is -3.07. The zero-order valence-electron chi connectivity index (χ0n) is 12.9. The lowest BCUT2D eigenvalue weighted by atomic mass is 10.2. The molecule has 0 amide bonds. The Hall–Kier alpha value is -1.28. The number of carbonyl (C=O) groups excluding carboxylic acids is 1. The zero-order valence-corrected chi connectivity index (χ0v) is 13.8. The van der Waals surface area contributed by atoms with Crippen LogP contribution in [0.15, 0.2) is 23.1 Å². The number of hydrogen-bond acceptors (Lipinski definition) is 6. The molecule has 1 aliphatic rings. The van der Waals surface area contributed by atoms with Gasteiger partial charge in [0.25, 0.3) is 0 Å². The Bertz CT molecular complexity index is 529. The minimum Gasteiger partial charge on any atom is -0.493 e. The van der Waals surface area contributed by atoms with Gasteiger partial charge in [0.15, 0.2) is 0 Å². The SMILES string of the molecule is CCOC(=O)c1cc(S(O)(O)N2CCCC2)ccc1OCC. The Morgan fingerprint density at radius 1 is 1.23 bits per heavy atom. The normalized spacial score (nSPS) is 16.5. The molecule has 1 saturated heterocycles. The molecular formula is C15H23NO5S. The molecule has 0 atom stereocenters. The van der Waals surface area contributed by atoms with Gasteiger partial charge in [0.05, 0.1) is 18.1 Å². The molecule has 2 N–H and O–H groups in total. The molecule has 22 heavy (non-hydrogen) atoms. The quantitative estimate of drug-likeness (QED) is 0.779. The van der Waals surface area contributed by atoms with E-state index in [0.29, 0.717) is 30.3 Å². The second-order valence-corrected chi connectivity index (χ2v) is 6.99. The van der Waals surface area contributed by atoms with Crippen LogP contribution in [0.25, 0.3) is 0 Å². The van der Waals surface area contributed by atoms with Crippen molar-refractivity contribution in [2.75, 3.05) is 26.3 Å². The van der Waals surface area contributed by atoms with Crippen LogP contribution in [0.3, 0.4) is 0 Å². The molecule has 6 nitrogen and oxygen atoms in total. The monoisotopic (exact) mass is 329 g/mol. The number of ether oxygens (including phenoxy) is 2. The summed E-state index contributed by atoms with van der Waals surface area (Å²) in [5.74, 6) is -0.134. The highest BCUT2D eigenvalue weighted by Crippen LogP contribution is 2.53. The molecule has 1 heterocycles. The first-order valence-electron chi connectivity index (χ1n) is 7.48. The predicted octanol–water partition coefficient (Wildman–Crippen LogP) is 3.38. The minimum absolute atomic E-state index is 0.223. The zero-order chi connectivity index (χ0) is 16.2. The molecule has 124 valence electrons. The van der Waals surface area contributed by atoms with Crippen LogP contribution in [0.1, 0.15) is 37.0 Å². The van der Waals surface area contributed by atoms with E-state index >= 15 is 0 Å². The Kier molecular flexibility index (Phi) is 5.69. The van der Waals surface area contributed by atoms with E-state index in [2.05, 4.69) is 0 Å². The lowest BCUT2D eigenvalue weighted by Gasteiger charge is -2.40. The van der Waals surface area contributed by atoms with Crippen LogP contribution >= 0.6 is 10.8 Å². The number of carbonyl (C=O) groups is 1. The molecule has 0 spiro atoms. The number of nitrogens with zero attached hydrogens (tertiary/aromatic N) is 1. The Labute approximate surface area is 132 Å². The van der Waals surface area contributed by atoms with Gasteiger partial charge in [-0.3, -0.25) is 9.11 Å². The van der Waals surface area contributed by atoms with Crippen LogP contribution in [0.5, 0.6) is 5.75 Å². The van der Waals surface area contributed by atoms with Crippen molar-refractivity contribution in [1.82, 2.24) is 4.31 Å². The lowest BCUT2D eigenvalue weighted by molar-refractivity contribution is 0.0521. The maximum absolute atomic E-state index is 12.1. The lowest BCUT2D eigenvalue weighted by Crippen LogP contribution is -2.24. The van der Waals surface area contributed by atoms with Crippen molar-refractivity contribution >= 4 is 16.7 Å². The molecule has 0 bridgehead atoms. The third kappa shape index (κ3) is 3.55. The maximum atomic E-state index is 12.1. The Morgan fingerprint density at radius 2 is 1.91 bits per heavy atom. The summed E-state index contributed by atoms with van der Waals surface area (Å²) in [4.78, 5) is 12.4. The Balaban J connectivity index is 2.36. The molecule has 1 aliphatic heterocycles. The summed E-state index contributed by atoms with van der Waals surface area (Å²) in [5, 5.41) is 0. The number of benzene rings is 1. The molecule has 7 heteroatoms. The highest BCUT2D eigenvalue weighted by atomic mass is 32.3. The third-order valence-electron chi connectivity index (χ3n) is 3.49. The summed E-state index contributed by atoms with van der Waals surface area (Å²) >= 11 is 0. The first kappa shape index (κ1) is 17.1. The van der Waals surface area contributed by atoms with E-state index in [-0.39, 0.29) is 12.2 Å². The smallest absolute Gasteiger partial charge is 0.341 e. The van der Waals surface area contributed by atoms with Gasteiger partial charge >= 0.3 is 5.97 Å².